The zero-order valence-electron chi connectivity index (χ0n) is 6.21. The molecule has 0 radical (unpaired) electrons. The van der Waals surface area contributed by atoms with Gasteiger partial charge < -0.3 is 10.4 Å². The summed E-state index contributed by atoms with van der Waals surface area (Å²) in [6.45, 7) is -0.240. The van der Waals surface area contributed by atoms with Gasteiger partial charge in [-0.25, -0.2) is 8.78 Å². The van der Waals surface area contributed by atoms with Gasteiger partial charge in [0.05, 0.1) is 18.6 Å². The third-order valence-corrected chi connectivity index (χ3v) is 2.72. The summed E-state index contributed by atoms with van der Waals surface area (Å²) in [6.07, 6.45) is -2.43. The summed E-state index contributed by atoms with van der Waals surface area (Å²) in [5.74, 6) is -2.01. The van der Waals surface area contributed by atoms with Crippen molar-refractivity contribution in [1.82, 2.24) is 5.32 Å². The average Bonchev–Trinajstić information content (AvgIpc) is 2.67. The molecule has 2 fully saturated rings. The number of fused-ring (bicyclic) bond motifs is 1. The summed E-state index contributed by atoms with van der Waals surface area (Å²) in [6, 6.07) is -0.443. The second-order valence-corrected chi connectivity index (χ2v) is 3.31. The lowest BCUT2D eigenvalue weighted by atomic mass is 10.2. The Bertz CT molecular complexity index is 221. The fraction of sp³-hybridized carbons (Fsp3) is 0.857. The number of aliphatic hydroxyl groups excluding tert-OH is 1. The highest BCUT2D eigenvalue weighted by molar-refractivity contribution is 5.86. The lowest BCUT2D eigenvalue weighted by molar-refractivity contribution is -0.122. The number of piperidine rings is 1. The van der Waals surface area contributed by atoms with Crippen LogP contribution in [-0.4, -0.2) is 30.1 Å². The summed E-state index contributed by atoms with van der Waals surface area (Å²) in [4.78, 5) is 10.9. The lowest BCUT2D eigenvalue weighted by Crippen LogP contribution is -2.36. The van der Waals surface area contributed by atoms with Crippen molar-refractivity contribution in [2.75, 3.05) is 6.61 Å². The third kappa shape index (κ3) is 0.857. The first-order chi connectivity index (χ1) is 5.66. The van der Waals surface area contributed by atoms with Gasteiger partial charge in [0.1, 0.15) is 0 Å². The Morgan fingerprint density at radius 3 is 2.67 bits per heavy atom. The van der Waals surface area contributed by atoms with E-state index in [1.54, 1.807) is 0 Å². The van der Waals surface area contributed by atoms with E-state index in [0.29, 0.717) is 0 Å². The predicted octanol–water partition coefficient (Wildman–Crippen LogP) is -0.396. The average molecular weight is 177 g/mol. The number of carbonyl (C=O) groups is 1. The number of alkyl halides is 2. The minimum absolute atomic E-state index is 0.240. The topological polar surface area (TPSA) is 49.3 Å². The Kier molecular flexibility index (Phi) is 1.57. The molecule has 5 heteroatoms. The Morgan fingerprint density at radius 1 is 1.58 bits per heavy atom. The second-order valence-electron chi connectivity index (χ2n) is 3.31. The SMILES string of the molecule is O=C1N[C@H](CO)[C@H]2C(C(F)F)[C@@H]12. The molecule has 1 unspecified atom stereocenters. The van der Waals surface area contributed by atoms with Gasteiger partial charge in [0.2, 0.25) is 12.3 Å². The van der Waals surface area contributed by atoms with Crippen molar-refractivity contribution in [2.24, 2.45) is 17.8 Å². The van der Waals surface area contributed by atoms with E-state index in [9.17, 15) is 13.6 Å². The lowest BCUT2D eigenvalue weighted by Gasteiger charge is -2.11. The maximum Gasteiger partial charge on any atom is 0.242 e. The quantitative estimate of drug-likeness (QED) is 0.603. The predicted molar refractivity (Wildman–Crippen MR) is 35.5 cm³/mol. The van der Waals surface area contributed by atoms with Gasteiger partial charge in [0.15, 0.2) is 0 Å². The minimum atomic E-state index is -2.43. The van der Waals surface area contributed by atoms with Crippen molar-refractivity contribution in [3.63, 3.8) is 0 Å². The van der Waals surface area contributed by atoms with Gasteiger partial charge in [-0.1, -0.05) is 0 Å². The van der Waals surface area contributed by atoms with E-state index >= 15 is 0 Å². The first-order valence-corrected chi connectivity index (χ1v) is 3.86. The summed E-state index contributed by atoms with van der Waals surface area (Å²) >= 11 is 0. The molecule has 0 spiro atoms. The van der Waals surface area contributed by atoms with Crippen LogP contribution in [0, 0.1) is 17.8 Å². The molecule has 1 aliphatic heterocycles. The molecule has 0 aromatic rings. The highest BCUT2D eigenvalue weighted by Gasteiger charge is 2.66. The number of aliphatic hydroxyl groups is 1. The summed E-state index contributed by atoms with van der Waals surface area (Å²) in [7, 11) is 0. The van der Waals surface area contributed by atoms with Gasteiger partial charge in [0.25, 0.3) is 0 Å². The van der Waals surface area contributed by atoms with Crippen LogP contribution in [0.5, 0.6) is 0 Å². The van der Waals surface area contributed by atoms with Crippen LogP contribution in [-0.2, 0) is 4.79 Å². The van der Waals surface area contributed by atoms with Crippen LogP contribution < -0.4 is 5.32 Å². The molecule has 0 bridgehead atoms. The number of hydrogen-bond acceptors (Lipinski definition) is 2. The van der Waals surface area contributed by atoms with Gasteiger partial charge in [-0.3, -0.25) is 4.79 Å². The number of amides is 1. The zero-order chi connectivity index (χ0) is 8.88. The Balaban J connectivity index is 2.07. The van der Waals surface area contributed by atoms with Crippen molar-refractivity contribution in [1.29, 1.82) is 0 Å². The molecule has 0 aromatic carbocycles. The van der Waals surface area contributed by atoms with Gasteiger partial charge in [-0.05, 0) is 0 Å². The van der Waals surface area contributed by atoms with Crippen molar-refractivity contribution in [3.8, 4) is 0 Å². The molecule has 4 atom stereocenters. The van der Waals surface area contributed by atoms with Crippen LogP contribution in [0.1, 0.15) is 0 Å². The summed E-state index contributed by atoms with van der Waals surface area (Å²) < 4.78 is 24.3. The number of rotatable bonds is 2. The van der Waals surface area contributed by atoms with E-state index in [2.05, 4.69) is 5.32 Å². The molecule has 3 nitrogen and oxygen atoms in total. The second kappa shape index (κ2) is 2.39. The molecule has 1 heterocycles. The molecule has 0 aromatic heterocycles. The van der Waals surface area contributed by atoms with Crippen molar-refractivity contribution >= 4 is 5.91 Å². The summed E-state index contributed by atoms with van der Waals surface area (Å²) in [5.41, 5.74) is 0. The third-order valence-electron chi connectivity index (χ3n) is 2.72. The number of hydrogen-bond donors (Lipinski definition) is 2. The van der Waals surface area contributed by atoms with Crippen molar-refractivity contribution < 1.29 is 18.7 Å². The monoisotopic (exact) mass is 177 g/mol. The highest BCUT2D eigenvalue weighted by Crippen LogP contribution is 2.55. The minimum Gasteiger partial charge on any atom is -0.394 e. The Morgan fingerprint density at radius 2 is 2.25 bits per heavy atom. The van der Waals surface area contributed by atoms with E-state index < -0.39 is 24.3 Å². The number of halogens is 2. The highest BCUT2D eigenvalue weighted by atomic mass is 19.3. The first kappa shape index (κ1) is 7.91. The molecular weight excluding hydrogens is 168 g/mol. The molecule has 2 rings (SSSR count). The van der Waals surface area contributed by atoms with E-state index in [-0.39, 0.29) is 18.4 Å². The molecule has 1 saturated carbocycles. The normalized spacial score (nSPS) is 44.5. The molecule has 1 aliphatic carbocycles. The molecular formula is C7H9F2NO2. The van der Waals surface area contributed by atoms with Crippen molar-refractivity contribution in [3.05, 3.63) is 0 Å². The molecule has 2 N–H and O–H groups in total. The smallest absolute Gasteiger partial charge is 0.242 e. The Labute approximate surface area is 67.8 Å². The number of nitrogens with one attached hydrogen (secondary N) is 1. The standard InChI is InChI=1S/C7H9F2NO2/c8-6(9)4-3-2(1-11)10-7(12)5(3)4/h2-6,11H,1H2,(H,10,12)/t2-,3+,4?,5+/m1/s1. The maximum atomic E-state index is 12.2. The zero-order valence-corrected chi connectivity index (χ0v) is 6.21. The largest absolute Gasteiger partial charge is 0.394 e. The summed E-state index contributed by atoms with van der Waals surface area (Å²) in [5, 5.41) is 11.2. The molecule has 68 valence electrons. The first-order valence-electron chi connectivity index (χ1n) is 3.86. The van der Waals surface area contributed by atoms with Crippen LogP contribution in [0.2, 0.25) is 0 Å². The van der Waals surface area contributed by atoms with Crippen LogP contribution in [0.4, 0.5) is 8.78 Å². The maximum absolute atomic E-state index is 12.2. The molecule has 2 aliphatic rings. The van der Waals surface area contributed by atoms with Crippen LogP contribution in [0.15, 0.2) is 0 Å². The van der Waals surface area contributed by atoms with Gasteiger partial charge in [0, 0.05) is 11.8 Å². The fourth-order valence-corrected chi connectivity index (χ4v) is 2.09. The van der Waals surface area contributed by atoms with E-state index in [4.69, 9.17) is 5.11 Å². The molecule has 12 heavy (non-hydrogen) atoms. The Hall–Kier alpha value is -0.710. The van der Waals surface area contributed by atoms with E-state index in [1.807, 2.05) is 0 Å². The number of carbonyl (C=O) groups excluding carboxylic acids is 1. The van der Waals surface area contributed by atoms with Crippen LogP contribution in [0.3, 0.4) is 0 Å². The van der Waals surface area contributed by atoms with E-state index in [0.717, 1.165) is 0 Å². The van der Waals surface area contributed by atoms with Crippen molar-refractivity contribution in [2.45, 2.75) is 12.5 Å². The molecule has 1 amide bonds. The van der Waals surface area contributed by atoms with Crippen LogP contribution >= 0.6 is 0 Å². The fourth-order valence-electron chi connectivity index (χ4n) is 2.09. The molecule has 1 saturated heterocycles. The van der Waals surface area contributed by atoms with Gasteiger partial charge in [-0.2, -0.15) is 0 Å². The van der Waals surface area contributed by atoms with Gasteiger partial charge in [-0.15, -0.1) is 0 Å². The van der Waals surface area contributed by atoms with Gasteiger partial charge >= 0.3 is 0 Å². The van der Waals surface area contributed by atoms with Crippen LogP contribution in [0.25, 0.3) is 0 Å². The van der Waals surface area contributed by atoms with E-state index in [1.165, 1.54) is 0 Å².